The molecule has 10 heteroatoms. The quantitative estimate of drug-likeness (QED) is 0.314. The van der Waals surface area contributed by atoms with E-state index >= 15 is 0 Å². The predicted octanol–water partition coefficient (Wildman–Crippen LogP) is 0.288. The highest BCUT2D eigenvalue weighted by molar-refractivity contribution is 5.98. The lowest BCUT2D eigenvalue weighted by molar-refractivity contribution is -0.156. The van der Waals surface area contributed by atoms with Crippen molar-refractivity contribution in [1.29, 1.82) is 0 Å². The van der Waals surface area contributed by atoms with Gasteiger partial charge in [-0.25, -0.2) is 0 Å². The van der Waals surface area contributed by atoms with E-state index in [1.54, 1.807) is 17.9 Å². The first-order chi connectivity index (χ1) is 17.3. The summed E-state index contributed by atoms with van der Waals surface area (Å²) in [7, 11) is 0. The monoisotopic (exact) mass is 507 g/mol. The van der Waals surface area contributed by atoms with Crippen molar-refractivity contribution in [3.8, 4) is 0 Å². The number of morpholine rings is 1. The maximum absolute atomic E-state index is 14.3. The van der Waals surface area contributed by atoms with Crippen LogP contribution in [-0.4, -0.2) is 121 Å². The van der Waals surface area contributed by atoms with Crippen LogP contribution in [0.1, 0.15) is 33.6 Å². The summed E-state index contributed by atoms with van der Waals surface area (Å²) >= 11 is 0. The van der Waals surface area contributed by atoms with Gasteiger partial charge in [0, 0.05) is 32.7 Å². The fourth-order valence-electron chi connectivity index (χ4n) is 6.56. The number of hydrogen-bond acceptors (Lipinski definition) is 8. The van der Waals surface area contributed by atoms with Gasteiger partial charge in [0.25, 0.3) is 0 Å². The number of fused-ring (bicyclic) bond motifs is 1. The Morgan fingerprint density at radius 3 is 2.67 bits per heavy atom. The van der Waals surface area contributed by atoms with Crippen LogP contribution in [0.4, 0.5) is 0 Å². The maximum atomic E-state index is 14.3. The number of aliphatic hydroxyl groups excluding tert-OH is 1. The molecule has 202 valence electrons. The molecular formula is C26H41N3O7. The van der Waals surface area contributed by atoms with Crippen molar-refractivity contribution >= 4 is 17.8 Å². The first-order valence-electron chi connectivity index (χ1n) is 13.3. The molecule has 2 bridgehead atoms. The summed E-state index contributed by atoms with van der Waals surface area (Å²) < 4.78 is 17.2. The number of carbonyl (C=O) groups excluding carboxylic acids is 3. The fourth-order valence-corrected chi connectivity index (χ4v) is 6.56. The van der Waals surface area contributed by atoms with Gasteiger partial charge in [-0.05, 0) is 25.7 Å². The zero-order valence-electron chi connectivity index (χ0n) is 21.8. The van der Waals surface area contributed by atoms with Crippen molar-refractivity contribution in [2.45, 2.75) is 57.4 Å². The van der Waals surface area contributed by atoms with Crippen molar-refractivity contribution in [3.05, 3.63) is 12.7 Å². The molecule has 36 heavy (non-hydrogen) atoms. The number of nitrogens with zero attached hydrogens (tertiary/aromatic N) is 3. The minimum atomic E-state index is -1.10. The zero-order chi connectivity index (χ0) is 26.0. The third kappa shape index (κ3) is 4.57. The Labute approximate surface area is 213 Å². The van der Waals surface area contributed by atoms with Crippen LogP contribution in [0.2, 0.25) is 0 Å². The van der Waals surface area contributed by atoms with Crippen molar-refractivity contribution in [1.82, 2.24) is 14.7 Å². The molecule has 0 radical (unpaired) electrons. The molecule has 4 heterocycles. The maximum Gasteiger partial charge on any atom is 0.312 e. The molecular weight excluding hydrogens is 466 g/mol. The highest BCUT2D eigenvalue weighted by Crippen LogP contribution is 2.59. The average molecular weight is 508 g/mol. The summed E-state index contributed by atoms with van der Waals surface area (Å²) in [5, 5.41) is 10.3. The highest BCUT2D eigenvalue weighted by Gasteiger charge is 2.75. The second kappa shape index (κ2) is 11.2. The minimum Gasteiger partial charge on any atom is -0.466 e. The average Bonchev–Trinajstić information content (AvgIpc) is 3.50. The Kier molecular flexibility index (Phi) is 8.38. The Balaban J connectivity index is 1.68. The molecule has 4 saturated heterocycles. The molecule has 0 aromatic heterocycles. The molecule has 0 unspecified atom stereocenters. The Morgan fingerprint density at radius 1 is 1.33 bits per heavy atom. The molecule has 4 fully saturated rings. The van der Waals surface area contributed by atoms with Crippen LogP contribution in [0, 0.1) is 17.8 Å². The van der Waals surface area contributed by atoms with E-state index in [0.717, 1.165) is 13.1 Å². The van der Waals surface area contributed by atoms with Crippen LogP contribution < -0.4 is 0 Å². The first-order valence-corrected chi connectivity index (χ1v) is 13.3. The molecule has 6 atom stereocenters. The summed E-state index contributed by atoms with van der Waals surface area (Å²) in [4.78, 5) is 46.8. The Morgan fingerprint density at radius 2 is 2.06 bits per heavy atom. The van der Waals surface area contributed by atoms with Crippen LogP contribution in [0.5, 0.6) is 0 Å². The molecule has 4 aliphatic rings. The smallest absolute Gasteiger partial charge is 0.312 e. The molecule has 0 aromatic carbocycles. The van der Waals surface area contributed by atoms with Crippen molar-refractivity contribution < 1.29 is 33.7 Å². The van der Waals surface area contributed by atoms with E-state index in [4.69, 9.17) is 14.2 Å². The Bertz CT molecular complexity index is 845. The summed E-state index contributed by atoms with van der Waals surface area (Å²) in [6.07, 6.45) is 2.35. The number of likely N-dealkylation sites (tertiary alicyclic amines) is 1. The van der Waals surface area contributed by atoms with E-state index < -0.39 is 41.6 Å². The van der Waals surface area contributed by atoms with Gasteiger partial charge in [-0.1, -0.05) is 19.9 Å². The summed E-state index contributed by atoms with van der Waals surface area (Å²) in [6.45, 7) is 13.8. The molecule has 1 N–H and O–H groups in total. The summed E-state index contributed by atoms with van der Waals surface area (Å²) in [6, 6.07) is -1.48. The fraction of sp³-hybridized carbons (Fsp3) is 0.808. The lowest BCUT2D eigenvalue weighted by atomic mass is 9.70. The van der Waals surface area contributed by atoms with Crippen molar-refractivity contribution in [3.63, 3.8) is 0 Å². The van der Waals surface area contributed by atoms with Crippen LogP contribution in [0.25, 0.3) is 0 Å². The van der Waals surface area contributed by atoms with Crippen LogP contribution >= 0.6 is 0 Å². The molecule has 4 rings (SSSR count). The number of esters is 1. The van der Waals surface area contributed by atoms with Crippen LogP contribution in [0.3, 0.4) is 0 Å². The van der Waals surface area contributed by atoms with E-state index in [2.05, 4.69) is 11.5 Å². The number of hydrogen-bond donors (Lipinski definition) is 1. The zero-order valence-corrected chi connectivity index (χ0v) is 21.8. The topological polar surface area (TPSA) is 109 Å². The second-order valence-corrected chi connectivity index (χ2v) is 10.6. The van der Waals surface area contributed by atoms with Gasteiger partial charge in [-0.2, -0.15) is 0 Å². The number of amides is 2. The highest BCUT2D eigenvalue weighted by atomic mass is 16.6. The number of rotatable bonds is 11. The lowest BCUT2D eigenvalue weighted by Gasteiger charge is -2.40. The second-order valence-electron chi connectivity index (χ2n) is 10.6. The number of aliphatic hydroxyl groups is 1. The first kappa shape index (κ1) is 27.0. The largest absolute Gasteiger partial charge is 0.466 e. The summed E-state index contributed by atoms with van der Waals surface area (Å²) in [5.41, 5.74) is -1.10. The van der Waals surface area contributed by atoms with E-state index in [0.29, 0.717) is 45.7 Å². The van der Waals surface area contributed by atoms with Crippen molar-refractivity contribution in [2.24, 2.45) is 17.8 Å². The molecule has 4 aliphatic heterocycles. The predicted molar refractivity (Wildman–Crippen MR) is 131 cm³/mol. The number of ether oxygens (including phenoxy) is 3. The van der Waals surface area contributed by atoms with Gasteiger partial charge < -0.3 is 29.1 Å². The molecule has 0 saturated carbocycles. The van der Waals surface area contributed by atoms with Crippen LogP contribution in [0.15, 0.2) is 12.7 Å². The minimum absolute atomic E-state index is 0.0936. The van der Waals surface area contributed by atoms with Gasteiger partial charge >= 0.3 is 5.97 Å². The molecule has 0 aromatic rings. The van der Waals surface area contributed by atoms with E-state index in [1.165, 1.54) is 4.90 Å². The third-order valence-corrected chi connectivity index (χ3v) is 8.30. The Hall–Kier alpha value is -2.01. The number of carbonyl (C=O) groups is 3. The van der Waals surface area contributed by atoms with E-state index in [-0.39, 0.29) is 30.9 Å². The SMILES string of the molecule is C=CCN(CCN1CCOCC1)C(=O)[C@@H]1N([C@@H](CO)C(C)C)C(=O)[C@H]2[C@H](C(=O)OCC)[C@@H]3CC[C@]12O3. The lowest BCUT2D eigenvalue weighted by Crippen LogP contribution is -2.60. The molecule has 0 aliphatic carbocycles. The van der Waals surface area contributed by atoms with E-state index in [9.17, 15) is 19.5 Å². The van der Waals surface area contributed by atoms with Crippen molar-refractivity contribution in [2.75, 3.05) is 59.2 Å². The standard InChI is InChI=1S/C26H41N3O7/c1-5-9-28(11-10-27-12-14-34-15-13-27)24(32)22-26-8-7-19(36-26)20(25(33)35-6-2)21(26)23(31)29(22)18(16-30)17(3)4/h5,17-22,30H,1,6-16H2,2-4H3/t18-,19-,20+,21+,22-,26+/m0/s1. The van der Waals surface area contributed by atoms with Gasteiger partial charge in [-0.15, -0.1) is 6.58 Å². The van der Waals surface area contributed by atoms with Gasteiger partial charge in [-0.3, -0.25) is 19.3 Å². The molecule has 2 amide bonds. The van der Waals surface area contributed by atoms with Crippen LogP contribution in [-0.2, 0) is 28.6 Å². The normalized spacial score (nSPS) is 32.6. The summed E-state index contributed by atoms with van der Waals surface area (Å²) in [5.74, 6) is -2.59. The van der Waals surface area contributed by atoms with Gasteiger partial charge in [0.1, 0.15) is 11.6 Å². The molecule has 10 nitrogen and oxygen atoms in total. The third-order valence-electron chi connectivity index (χ3n) is 8.30. The van der Waals surface area contributed by atoms with Gasteiger partial charge in [0.05, 0.1) is 50.4 Å². The van der Waals surface area contributed by atoms with E-state index in [1.807, 2.05) is 13.8 Å². The van der Waals surface area contributed by atoms with Gasteiger partial charge in [0.15, 0.2) is 0 Å². The molecule has 1 spiro atoms. The van der Waals surface area contributed by atoms with Gasteiger partial charge in [0.2, 0.25) is 11.8 Å².